The Morgan fingerprint density at radius 2 is 2.19 bits per heavy atom. The molecule has 1 heterocycles. The van der Waals surface area contributed by atoms with E-state index in [-0.39, 0.29) is 19.1 Å². The summed E-state index contributed by atoms with van der Waals surface area (Å²) >= 11 is 1.29. The van der Waals surface area contributed by atoms with Gasteiger partial charge < -0.3 is 5.11 Å². The van der Waals surface area contributed by atoms with E-state index in [4.69, 9.17) is 5.11 Å². The predicted octanol–water partition coefficient (Wildman–Crippen LogP) is 1.22. The average molecular weight is 263 g/mol. The van der Waals surface area contributed by atoms with Gasteiger partial charge in [0.2, 0.25) is 10.0 Å². The van der Waals surface area contributed by atoms with Crippen LogP contribution in [0.15, 0.2) is 16.3 Å². The summed E-state index contributed by atoms with van der Waals surface area (Å²) in [6, 6.07) is 3.45. The number of sulfonamides is 1. The molecule has 1 rings (SSSR count). The van der Waals surface area contributed by atoms with Gasteiger partial charge in [0.1, 0.15) is 4.21 Å². The second-order valence-corrected chi connectivity index (χ2v) is 6.88. The second-order valence-electron chi connectivity index (χ2n) is 3.71. The third kappa shape index (κ3) is 3.55. The summed E-state index contributed by atoms with van der Waals surface area (Å²) < 4.78 is 26.4. The Balaban J connectivity index is 2.70. The van der Waals surface area contributed by atoms with E-state index in [1.165, 1.54) is 11.3 Å². The number of aliphatic hydroxyl groups excluding tert-OH is 1. The highest BCUT2D eigenvalue weighted by atomic mass is 32.2. The van der Waals surface area contributed by atoms with Crippen LogP contribution in [-0.2, 0) is 16.4 Å². The highest BCUT2D eigenvalue weighted by molar-refractivity contribution is 7.91. The number of nitrogens with one attached hydrogen (secondary N) is 1. The molecule has 0 spiro atoms. The maximum Gasteiger partial charge on any atom is 0.250 e. The lowest BCUT2D eigenvalue weighted by atomic mass is 10.2. The van der Waals surface area contributed by atoms with E-state index in [2.05, 4.69) is 4.72 Å². The highest BCUT2D eigenvalue weighted by Crippen LogP contribution is 2.21. The van der Waals surface area contributed by atoms with Crippen molar-refractivity contribution in [2.24, 2.45) is 5.92 Å². The Morgan fingerprint density at radius 1 is 1.50 bits per heavy atom. The summed E-state index contributed by atoms with van der Waals surface area (Å²) in [5.74, 6) is -0.0691. The molecule has 0 aliphatic heterocycles. The molecule has 6 heteroatoms. The third-order valence-electron chi connectivity index (χ3n) is 2.18. The molecule has 0 bridgehead atoms. The van der Waals surface area contributed by atoms with E-state index in [1.807, 2.05) is 13.0 Å². The summed E-state index contributed by atoms with van der Waals surface area (Å²) in [4.78, 5) is 1.05. The Labute approximate surface area is 100 Å². The molecule has 0 saturated carbocycles. The first-order chi connectivity index (χ1) is 7.49. The molecule has 4 nitrogen and oxygen atoms in total. The molecule has 0 amide bonds. The largest absolute Gasteiger partial charge is 0.396 e. The number of thiophene rings is 1. The van der Waals surface area contributed by atoms with Crippen molar-refractivity contribution in [3.05, 3.63) is 17.0 Å². The molecule has 0 aliphatic carbocycles. The Hall–Kier alpha value is -0.430. The van der Waals surface area contributed by atoms with Crippen LogP contribution in [0.3, 0.4) is 0 Å². The SMILES string of the molecule is CCc1ccc(S(=O)(=O)NCC(C)CO)s1. The van der Waals surface area contributed by atoms with E-state index in [0.717, 1.165) is 11.3 Å². The van der Waals surface area contributed by atoms with E-state index >= 15 is 0 Å². The molecule has 0 aliphatic rings. The van der Waals surface area contributed by atoms with Crippen LogP contribution in [-0.4, -0.2) is 26.7 Å². The topological polar surface area (TPSA) is 66.4 Å². The van der Waals surface area contributed by atoms with E-state index in [9.17, 15) is 8.42 Å². The second kappa shape index (κ2) is 5.77. The molecule has 0 fully saturated rings. The Morgan fingerprint density at radius 3 is 2.69 bits per heavy atom. The van der Waals surface area contributed by atoms with Gasteiger partial charge in [0, 0.05) is 18.0 Å². The van der Waals surface area contributed by atoms with Crippen molar-refractivity contribution in [1.29, 1.82) is 0 Å². The van der Waals surface area contributed by atoms with Crippen molar-refractivity contribution in [3.63, 3.8) is 0 Å². The number of hydrogen-bond donors (Lipinski definition) is 2. The molecule has 0 saturated heterocycles. The van der Waals surface area contributed by atoms with Crippen LogP contribution in [0.4, 0.5) is 0 Å². The maximum atomic E-state index is 11.8. The number of aryl methyl sites for hydroxylation is 1. The third-order valence-corrected chi connectivity index (χ3v) is 5.33. The van der Waals surface area contributed by atoms with Crippen LogP contribution in [0.5, 0.6) is 0 Å². The first kappa shape index (κ1) is 13.6. The van der Waals surface area contributed by atoms with Gasteiger partial charge >= 0.3 is 0 Å². The molecule has 0 radical (unpaired) electrons. The van der Waals surface area contributed by atoms with Gasteiger partial charge in [0.05, 0.1) is 0 Å². The molecule has 16 heavy (non-hydrogen) atoms. The van der Waals surface area contributed by atoms with Crippen LogP contribution in [0.25, 0.3) is 0 Å². The minimum absolute atomic E-state index is 0.0207. The van der Waals surface area contributed by atoms with Gasteiger partial charge in [0.25, 0.3) is 0 Å². The van der Waals surface area contributed by atoms with Crippen LogP contribution in [0.2, 0.25) is 0 Å². The van der Waals surface area contributed by atoms with Crippen LogP contribution in [0.1, 0.15) is 18.7 Å². The molecule has 1 atom stereocenters. The van der Waals surface area contributed by atoms with Crippen LogP contribution in [0, 0.1) is 5.92 Å². The summed E-state index contributed by atoms with van der Waals surface area (Å²) in [6.07, 6.45) is 0.841. The molecule has 1 unspecified atom stereocenters. The fraction of sp³-hybridized carbons (Fsp3) is 0.600. The number of rotatable bonds is 6. The van der Waals surface area contributed by atoms with Gasteiger partial charge in [-0.05, 0) is 24.5 Å². The lowest BCUT2D eigenvalue weighted by Gasteiger charge is -2.08. The first-order valence-corrected chi connectivity index (χ1v) is 7.48. The smallest absolute Gasteiger partial charge is 0.250 e. The van der Waals surface area contributed by atoms with Crippen molar-refractivity contribution in [1.82, 2.24) is 4.72 Å². The van der Waals surface area contributed by atoms with E-state index in [1.54, 1.807) is 13.0 Å². The number of aliphatic hydroxyl groups is 1. The molecule has 0 aromatic carbocycles. The zero-order chi connectivity index (χ0) is 12.2. The van der Waals surface area contributed by atoms with Crippen molar-refractivity contribution < 1.29 is 13.5 Å². The van der Waals surface area contributed by atoms with E-state index < -0.39 is 10.0 Å². The van der Waals surface area contributed by atoms with Crippen molar-refractivity contribution >= 4 is 21.4 Å². The van der Waals surface area contributed by atoms with Crippen LogP contribution < -0.4 is 4.72 Å². The van der Waals surface area contributed by atoms with Gasteiger partial charge in [-0.1, -0.05) is 13.8 Å². The summed E-state index contributed by atoms with van der Waals surface area (Å²) in [5.41, 5.74) is 0. The van der Waals surface area contributed by atoms with Crippen molar-refractivity contribution in [2.45, 2.75) is 24.5 Å². The minimum atomic E-state index is -3.40. The molecule has 1 aromatic rings. The average Bonchev–Trinajstić information content (AvgIpc) is 2.75. The van der Waals surface area contributed by atoms with Gasteiger partial charge in [0.15, 0.2) is 0 Å². The molecule has 1 aromatic heterocycles. The van der Waals surface area contributed by atoms with Gasteiger partial charge in [-0.25, -0.2) is 13.1 Å². The van der Waals surface area contributed by atoms with Gasteiger partial charge in [-0.15, -0.1) is 11.3 Å². The minimum Gasteiger partial charge on any atom is -0.396 e. The first-order valence-electron chi connectivity index (χ1n) is 5.18. The fourth-order valence-corrected chi connectivity index (χ4v) is 3.59. The zero-order valence-corrected chi connectivity index (χ0v) is 11.1. The lowest BCUT2D eigenvalue weighted by molar-refractivity contribution is 0.238. The predicted molar refractivity (Wildman–Crippen MR) is 65.1 cm³/mol. The molecule has 92 valence electrons. The molecular formula is C10H17NO3S2. The molecular weight excluding hydrogens is 246 g/mol. The normalized spacial score (nSPS) is 13.9. The standard InChI is InChI=1S/C10H17NO3S2/c1-3-9-4-5-10(15-9)16(13,14)11-6-8(2)7-12/h4-5,8,11-12H,3,6-7H2,1-2H3. The fourth-order valence-electron chi connectivity index (χ4n) is 1.08. The summed E-state index contributed by atoms with van der Waals surface area (Å²) in [7, 11) is -3.40. The quantitative estimate of drug-likeness (QED) is 0.811. The highest BCUT2D eigenvalue weighted by Gasteiger charge is 2.16. The monoisotopic (exact) mass is 263 g/mol. The van der Waals surface area contributed by atoms with E-state index in [0.29, 0.717) is 4.21 Å². The Kier molecular flexibility index (Phi) is 4.91. The zero-order valence-electron chi connectivity index (χ0n) is 9.43. The number of hydrogen-bond acceptors (Lipinski definition) is 4. The van der Waals surface area contributed by atoms with Crippen LogP contribution >= 0.6 is 11.3 Å². The summed E-state index contributed by atoms with van der Waals surface area (Å²) in [6.45, 7) is 4.02. The molecule has 2 N–H and O–H groups in total. The van der Waals surface area contributed by atoms with Gasteiger partial charge in [-0.3, -0.25) is 0 Å². The van der Waals surface area contributed by atoms with Crippen molar-refractivity contribution in [3.8, 4) is 0 Å². The Bertz CT molecular complexity index is 425. The summed E-state index contributed by atoms with van der Waals surface area (Å²) in [5, 5.41) is 8.81. The van der Waals surface area contributed by atoms with Gasteiger partial charge in [-0.2, -0.15) is 0 Å². The lowest BCUT2D eigenvalue weighted by Crippen LogP contribution is -2.29. The maximum absolute atomic E-state index is 11.8. The van der Waals surface area contributed by atoms with Crippen molar-refractivity contribution in [2.75, 3.05) is 13.2 Å².